The number of hydrogen-bond donors (Lipinski definition) is 2. The van der Waals surface area contributed by atoms with Crippen molar-refractivity contribution in [1.29, 1.82) is 0 Å². The first kappa shape index (κ1) is 15.6. The second-order valence-corrected chi connectivity index (χ2v) is 5.30. The Hall–Kier alpha value is -1.83. The number of hydrogen-bond acceptors (Lipinski definition) is 3. The second-order valence-electron chi connectivity index (χ2n) is 5.30. The average molecular weight is 287 g/mol. The van der Waals surface area contributed by atoms with Crippen molar-refractivity contribution in [3.8, 4) is 11.8 Å². The van der Waals surface area contributed by atoms with E-state index in [1.165, 1.54) is 0 Å². The van der Waals surface area contributed by atoms with Crippen LogP contribution in [0, 0.1) is 18.8 Å². The molecule has 4 nitrogen and oxygen atoms in total. The summed E-state index contributed by atoms with van der Waals surface area (Å²) in [6, 6.07) is 5.72. The van der Waals surface area contributed by atoms with Gasteiger partial charge in [0.05, 0.1) is 12.7 Å². The van der Waals surface area contributed by atoms with Crippen LogP contribution in [0.15, 0.2) is 18.2 Å². The fourth-order valence-corrected chi connectivity index (χ4v) is 2.26. The lowest BCUT2D eigenvalue weighted by Gasteiger charge is -2.34. The summed E-state index contributed by atoms with van der Waals surface area (Å²) >= 11 is 0. The zero-order chi connectivity index (χ0) is 15.2. The van der Waals surface area contributed by atoms with Crippen LogP contribution < -0.4 is 5.32 Å². The van der Waals surface area contributed by atoms with Gasteiger partial charge in [-0.2, -0.15) is 0 Å². The largest absolute Gasteiger partial charge is 0.395 e. The van der Waals surface area contributed by atoms with Gasteiger partial charge in [-0.3, -0.25) is 4.79 Å². The first-order valence-electron chi connectivity index (χ1n) is 7.18. The van der Waals surface area contributed by atoms with Crippen LogP contribution in [0.25, 0.3) is 0 Å². The molecule has 4 heteroatoms. The Bertz CT molecular complexity index is 565. The van der Waals surface area contributed by atoms with E-state index in [1.54, 1.807) is 7.11 Å². The molecule has 0 unspecified atom stereocenters. The van der Waals surface area contributed by atoms with Gasteiger partial charge in [-0.05, 0) is 37.5 Å². The van der Waals surface area contributed by atoms with Crippen molar-refractivity contribution < 1.29 is 14.6 Å². The van der Waals surface area contributed by atoms with E-state index in [1.807, 2.05) is 25.1 Å². The number of benzene rings is 1. The third-order valence-corrected chi connectivity index (χ3v) is 3.72. The lowest BCUT2D eigenvalue weighted by molar-refractivity contribution is 0.0176. The SMILES string of the molecule is COC1CC(NC(=O)c2ccc(C)c(C#CCCO)c2)C1. The van der Waals surface area contributed by atoms with Gasteiger partial charge in [0.15, 0.2) is 0 Å². The summed E-state index contributed by atoms with van der Waals surface area (Å²) in [6.45, 7) is 2.01. The number of carbonyl (C=O) groups excluding carboxylic acids is 1. The summed E-state index contributed by atoms with van der Waals surface area (Å²) in [5, 5.41) is 11.8. The summed E-state index contributed by atoms with van der Waals surface area (Å²) in [5.74, 6) is 5.81. The van der Waals surface area contributed by atoms with Gasteiger partial charge in [-0.25, -0.2) is 0 Å². The van der Waals surface area contributed by atoms with Crippen LogP contribution in [0.3, 0.4) is 0 Å². The highest BCUT2D eigenvalue weighted by molar-refractivity contribution is 5.95. The number of amides is 1. The molecule has 1 aromatic rings. The molecule has 0 heterocycles. The molecule has 0 aromatic heterocycles. The third kappa shape index (κ3) is 4.07. The van der Waals surface area contributed by atoms with Crippen LogP contribution in [-0.2, 0) is 4.74 Å². The first-order chi connectivity index (χ1) is 10.1. The van der Waals surface area contributed by atoms with Gasteiger partial charge < -0.3 is 15.2 Å². The van der Waals surface area contributed by atoms with E-state index >= 15 is 0 Å². The smallest absolute Gasteiger partial charge is 0.251 e. The normalized spacial score (nSPS) is 20.1. The Morgan fingerprint density at radius 3 is 2.90 bits per heavy atom. The average Bonchev–Trinajstić information content (AvgIpc) is 2.44. The summed E-state index contributed by atoms with van der Waals surface area (Å²) in [6.07, 6.45) is 2.46. The predicted octanol–water partition coefficient (Wildman–Crippen LogP) is 1.64. The number of aliphatic hydroxyl groups excluding tert-OH is 1. The van der Waals surface area contributed by atoms with Crippen LogP contribution in [0.1, 0.15) is 40.7 Å². The van der Waals surface area contributed by atoms with Gasteiger partial charge in [0.25, 0.3) is 5.91 Å². The zero-order valence-electron chi connectivity index (χ0n) is 12.5. The second kappa shape index (κ2) is 7.26. The maximum absolute atomic E-state index is 12.2. The third-order valence-electron chi connectivity index (χ3n) is 3.72. The number of nitrogens with one attached hydrogen (secondary N) is 1. The molecule has 0 aliphatic heterocycles. The number of methoxy groups -OCH3 is 1. The van der Waals surface area contributed by atoms with Crippen molar-refractivity contribution in [2.75, 3.05) is 13.7 Å². The monoisotopic (exact) mass is 287 g/mol. The Labute approximate surface area is 125 Å². The molecule has 2 N–H and O–H groups in total. The Morgan fingerprint density at radius 1 is 1.48 bits per heavy atom. The highest BCUT2D eigenvalue weighted by atomic mass is 16.5. The van der Waals surface area contributed by atoms with Crippen LogP contribution in [-0.4, -0.2) is 36.9 Å². The van der Waals surface area contributed by atoms with Gasteiger partial charge >= 0.3 is 0 Å². The summed E-state index contributed by atoms with van der Waals surface area (Å²) < 4.78 is 5.20. The van der Waals surface area contributed by atoms with Crippen LogP contribution in [0.5, 0.6) is 0 Å². The summed E-state index contributed by atoms with van der Waals surface area (Å²) in [7, 11) is 1.69. The van der Waals surface area contributed by atoms with E-state index in [2.05, 4.69) is 17.2 Å². The molecule has 1 saturated carbocycles. The molecule has 0 atom stereocenters. The fourth-order valence-electron chi connectivity index (χ4n) is 2.26. The molecule has 1 aromatic carbocycles. The minimum absolute atomic E-state index is 0.0502. The highest BCUT2D eigenvalue weighted by Crippen LogP contribution is 2.23. The van der Waals surface area contributed by atoms with E-state index in [9.17, 15) is 4.79 Å². The fraction of sp³-hybridized carbons (Fsp3) is 0.471. The summed E-state index contributed by atoms with van der Waals surface area (Å²) in [5.41, 5.74) is 2.48. The number of rotatable bonds is 4. The van der Waals surface area contributed by atoms with Crippen molar-refractivity contribution in [3.05, 3.63) is 34.9 Å². The minimum atomic E-state index is -0.0697. The van der Waals surface area contributed by atoms with E-state index in [0.29, 0.717) is 12.0 Å². The van der Waals surface area contributed by atoms with E-state index in [0.717, 1.165) is 24.0 Å². The number of ether oxygens (including phenoxy) is 1. The topological polar surface area (TPSA) is 58.6 Å². The van der Waals surface area contributed by atoms with Crippen molar-refractivity contribution in [1.82, 2.24) is 5.32 Å². The highest BCUT2D eigenvalue weighted by Gasteiger charge is 2.30. The van der Waals surface area contributed by atoms with E-state index in [-0.39, 0.29) is 24.7 Å². The van der Waals surface area contributed by atoms with Gasteiger partial charge in [0, 0.05) is 30.7 Å². The maximum atomic E-state index is 12.2. The number of carbonyl (C=O) groups is 1. The lowest BCUT2D eigenvalue weighted by Crippen LogP contribution is -2.47. The molecule has 112 valence electrons. The van der Waals surface area contributed by atoms with Gasteiger partial charge in [0.2, 0.25) is 0 Å². The van der Waals surface area contributed by atoms with Crippen LogP contribution in [0.4, 0.5) is 0 Å². The molecule has 0 radical (unpaired) electrons. The zero-order valence-corrected chi connectivity index (χ0v) is 12.5. The van der Waals surface area contributed by atoms with Gasteiger partial charge in [0.1, 0.15) is 0 Å². The minimum Gasteiger partial charge on any atom is -0.395 e. The Balaban J connectivity index is 2.01. The number of aryl methyl sites for hydroxylation is 1. The molecule has 0 spiro atoms. The lowest BCUT2D eigenvalue weighted by atomic mass is 9.89. The molecule has 1 aliphatic rings. The molecule has 1 amide bonds. The standard InChI is InChI=1S/C17H21NO3/c1-12-6-7-14(9-13(12)5-3-4-8-19)17(20)18-15-10-16(11-15)21-2/h6-7,9,15-16,19H,4,8,10-11H2,1-2H3,(H,18,20). The molecular weight excluding hydrogens is 266 g/mol. The molecule has 1 fully saturated rings. The molecule has 0 bridgehead atoms. The molecular formula is C17H21NO3. The summed E-state index contributed by atoms with van der Waals surface area (Å²) in [4.78, 5) is 12.2. The van der Waals surface area contributed by atoms with Crippen molar-refractivity contribution in [2.45, 2.75) is 38.3 Å². The number of aliphatic hydroxyl groups is 1. The van der Waals surface area contributed by atoms with E-state index < -0.39 is 0 Å². The predicted molar refractivity (Wildman–Crippen MR) is 81.0 cm³/mol. The van der Waals surface area contributed by atoms with Crippen molar-refractivity contribution in [3.63, 3.8) is 0 Å². The Morgan fingerprint density at radius 2 is 2.24 bits per heavy atom. The first-order valence-corrected chi connectivity index (χ1v) is 7.18. The molecule has 21 heavy (non-hydrogen) atoms. The molecule has 0 saturated heterocycles. The quantitative estimate of drug-likeness (QED) is 0.828. The van der Waals surface area contributed by atoms with Crippen molar-refractivity contribution >= 4 is 5.91 Å². The molecule has 2 rings (SSSR count). The van der Waals surface area contributed by atoms with Gasteiger partial charge in [-0.15, -0.1) is 0 Å². The van der Waals surface area contributed by atoms with Crippen LogP contribution >= 0.6 is 0 Å². The molecule has 1 aliphatic carbocycles. The van der Waals surface area contributed by atoms with Crippen LogP contribution in [0.2, 0.25) is 0 Å². The van der Waals surface area contributed by atoms with Crippen molar-refractivity contribution in [2.24, 2.45) is 0 Å². The Kier molecular flexibility index (Phi) is 5.38. The maximum Gasteiger partial charge on any atom is 0.251 e. The van der Waals surface area contributed by atoms with E-state index in [4.69, 9.17) is 9.84 Å². The van der Waals surface area contributed by atoms with Gasteiger partial charge in [-0.1, -0.05) is 17.9 Å².